The standard InChI is InChI=1S/C26H34O4/c1-6-18-13-19(7-2)23(20(8-3)14-18)24-21(27)15-26(9-11-29-12-10-26)16-22(24)30-25(28)17(4)5/h13-14H,4,6-12,15-16H2,1-3,5H3. The van der Waals surface area contributed by atoms with Gasteiger partial charge in [0.1, 0.15) is 5.76 Å². The Balaban J connectivity index is 2.20. The normalized spacial score (nSPS) is 18.6. The smallest absolute Gasteiger partial charge is 0.338 e. The second kappa shape index (κ2) is 9.30. The summed E-state index contributed by atoms with van der Waals surface area (Å²) in [5.74, 6) is 0.150. The lowest BCUT2D eigenvalue weighted by Gasteiger charge is -2.41. The van der Waals surface area contributed by atoms with Crippen LogP contribution in [0.15, 0.2) is 30.0 Å². The van der Waals surface area contributed by atoms with E-state index in [1.165, 1.54) is 5.56 Å². The number of aryl methyl sites for hydroxylation is 3. The van der Waals surface area contributed by atoms with Gasteiger partial charge in [0.2, 0.25) is 0 Å². The van der Waals surface area contributed by atoms with E-state index in [1.54, 1.807) is 6.92 Å². The molecule has 4 heteroatoms. The molecule has 1 aliphatic heterocycles. The minimum absolute atomic E-state index is 0.0845. The number of carbonyl (C=O) groups excluding carboxylic acids is 2. The van der Waals surface area contributed by atoms with Crippen molar-refractivity contribution in [2.45, 2.75) is 72.6 Å². The van der Waals surface area contributed by atoms with E-state index in [1.807, 2.05) is 0 Å². The van der Waals surface area contributed by atoms with Crippen LogP contribution in [0.2, 0.25) is 0 Å². The summed E-state index contributed by atoms with van der Waals surface area (Å²) in [4.78, 5) is 26.1. The van der Waals surface area contributed by atoms with E-state index in [9.17, 15) is 9.59 Å². The monoisotopic (exact) mass is 410 g/mol. The van der Waals surface area contributed by atoms with Crippen molar-refractivity contribution in [1.29, 1.82) is 0 Å². The van der Waals surface area contributed by atoms with Crippen LogP contribution < -0.4 is 0 Å². The number of allylic oxidation sites excluding steroid dienone is 2. The quantitative estimate of drug-likeness (QED) is 0.468. The first-order chi connectivity index (χ1) is 14.3. The van der Waals surface area contributed by atoms with Crippen LogP contribution in [-0.2, 0) is 38.3 Å². The van der Waals surface area contributed by atoms with Gasteiger partial charge in [0.15, 0.2) is 5.78 Å². The summed E-state index contributed by atoms with van der Waals surface area (Å²) in [6.45, 7) is 13.0. The van der Waals surface area contributed by atoms with Gasteiger partial charge in [-0.2, -0.15) is 0 Å². The minimum atomic E-state index is -0.458. The molecule has 1 saturated heterocycles. The molecule has 1 aromatic rings. The maximum absolute atomic E-state index is 13.6. The van der Waals surface area contributed by atoms with Gasteiger partial charge in [-0.3, -0.25) is 4.79 Å². The zero-order chi connectivity index (χ0) is 21.9. The molecule has 30 heavy (non-hydrogen) atoms. The molecule has 0 N–H and O–H groups in total. The largest absolute Gasteiger partial charge is 0.427 e. The fourth-order valence-electron chi connectivity index (χ4n) is 4.72. The molecule has 0 radical (unpaired) electrons. The van der Waals surface area contributed by atoms with Gasteiger partial charge in [-0.05, 0) is 66.7 Å². The second-order valence-electron chi connectivity index (χ2n) is 8.71. The molecule has 1 spiro atoms. The summed E-state index contributed by atoms with van der Waals surface area (Å²) < 4.78 is 11.4. The molecule has 1 aliphatic carbocycles. The van der Waals surface area contributed by atoms with E-state index in [-0.39, 0.29) is 11.2 Å². The van der Waals surface area contributed by atoms with E-state index < -0.39 is 5.97 Å². The number of esters is 1. The minimum Gasteiger partial charge on any atom is -0.427 e. The number of hydrogen-bond acceptors (Lipinski definition) is 4. The molecule has 1 heterocycles. The maximum atomic E-state index is 13.6. The molecule has 0 aromatic heterocycles. The Bertz CT molecular complexity index is 859. The Labute approximate surface area is 180 Å². The third kappa shape index (κ3) is 4.44. The third-order valence-corrected chi connectivity index (χ3v) is 6.53. The summed E-state index contributed by atoms with van der Waals surface area (Å²) in [6.07, 6.45) is 5.32. The van der Waals surface area contributed by atoms with Crippen LogP contribution >= 0.6 is 0 Å². The van der Waals surface area contributed by atoms with Crippen molar-refractivity contribution < 1.29 is 19.1 Å². The Kier molecular flexibility index (Phi) is 6.97. The highest BCUT2D eigenvalue weighted by atomic mass is 16.5. The number of Topliss-reactive ketones (excluding diaryl/α,β-unsaturated/α-hetero) is 1. The molecule has 0 bridgehead atoms. The second-order valence-corrected chi connectivity index (χ2v) is 8.71. The number of ketones is 1. The lowest BCUT2D eigenvalue weighted by atomic mass is 9.67. The van der Waals surface area contributed by atoms with Crippen LogP contribution in [0, 0.1) is 5.41 Å². The molecular formula is C26H34O4. The first-order valence-corrected chi connectivity index (χ1v) is 11.2. The van der Waals surface area contributed by atoms with Crippen LogP contribution in [0.5, 0.6) is 0 Å². The average Bonchev–Trinajstić information content (AvgIpc) is 2.73. The molecule has 0 unspecified atom stereocenters. The van der Waals surface area contributed by atoms with E-state index in [0.29, 0.717) is 43.0 Å². The van der Waals surface area contributed by atoms with Crippen LogP contribution in [-0.4, -0.2) is 25.0 Å². The van der Waals surface area contributed by atoms with Crippen LogP contribution in [0.3, 0.4) is 0 Å². The molecule has 1 aromatic carbocycles. The Morgan fingerprint density at radius 2 is 1.67 bits per heavy atom. The Morgan fingerprint density at radius 1 is 1.07 bits per heavy atom. The summed E-state index contributed by atoms with van der Waals surface area (Å²) in [5.41, 5.74) is 5.34. The van der Waals surface area contributed by atoms with Crippen LogP contribution in [0.4, 0.5) is 0 Å². The molecule has 1 fully saturated rings. The van der Waals surface area contributed by atoms with Gasteiger partial charge in [-0.25, -0.2) is 4.79 Å². The van der Waals surface area contributed by atoms with Gasteiger partial charge in [-0.1, -0.05) is 39.5 Å². The Hall–Kier alpha value is -2.20. The van der Waals surface area contributed by atoms with Crippen molar-refractivity contribution in [3.8, 4) is 0 Å². The fraction of sp³-hybridized carbons (Fsp3) is 0.538. The molecule has 162 valence electrons. The number of benzene rings is 1. The highest BCUT2D eigenvalue weighted by Crippen LogP contribution is 2.48. The molecule has 0 saturated carbocycles. The number of carbonyl (C=O) groups is 2. The van der Waals surface area contributed by atoms with Crippen molar-refractivity contribution in [1.82, 2.24) is 0 Å². The molecule has 0 amide bonds. The number of ether oxygens (including phenoxy) is 2. The van der Waals surface area contributed by atoms with Gasteiger partial charge in [0, 0.05) is 31.6 Å². The fourth-order valence-corrected chi connectivity index (χ4v) is 4.72. The highest BCUT2D eigenvalue weighted by molar-refractivity contribution is 6.23. The van der Waals surface area contributed by atoms with Crippen LogP contribution in [0.1, 0.15) is 75.6 Å². The van der Waals surface area contributed by atoms with Gasteiger partial charge >= 0.3 is 5.97 Å². The van der Waals surface area contributed by atoms with E-state index in [2.05, 4.69) is 39.5 Å². The maximum Gasteiger partial charge on any atom is 0.338 e. The van der Waals surface area contributed by atoms with Gasteiger partial charge < -0.3 is 9.47 Å². The molecular weight excluding hydrogens is 376 g/mol. The van der Waals surface area contributed by atoms with Crippen molar-refractivity contribution in [3.05, 3.63) is 52.3 Å². The lowest BCUT2D eigenvalue weighted by Crippen LogP contribution is -2.37. The molecule has 2 aliphatic rings. The van der Waals surface area contributed by atoms with Crippen molar-refractivity contribution in [2.75, 3.05) is 13.2 Å². The first kappa shape index (κ1) is 22.5. The summed E-state index contributed by atoms with van der Waals surface area (Å²) in [5, 5.41) is 0. The van der Waals surface area contributed by atoms with E-state index in [4.69, 9.17) is 9.47 Å². The average molecular weight is 411 g/mol. The van der Waals surface area contributed by atoms with E-state index in [0.717, 1.165) is 48.8 Å². The first-order valence-electron chi connectivity index (χ1n) is 11.2. The Morgan fingerprint density at radius 3 is 2.17 bits per heavy atom. The predicted octanol–water partition coefficient (Wildman–Crippen LogP) is 5.36. The predicted molar refractivity (Wildman–Crippen MR) is 119 cm³/mol. The van der Waals surface area contributed by atoms with Crippen molar-refractivity contribution >= 4 is 17.3 Å². The van der Waals surface area contributed by atoms with Crippen molar-refractivity contribution in [2.24, 2.45) is 5.41 Å². The third-order valence-electron chi connectivity index (χ3n) is 6.53. The summed E-state index contributed by atoms with van der Waals surface area (Å²) in [7, 11) is 0. The van der Waals surface area contributed by atoms with Crippen molar-refractivity contribution in [3.63, 3.8) is 0 Å². The highest BCUT2D eigenvalue weighted by Gasteiger charge is 2.43. The summed E-state index contributed by atoms with van der Waals surface area (Å²) in [6, 6.07) is 4.40. The zero-order valence-corrected chi connectivity index (χ0v) is 18.9. The SMILES string of the molecule is C=C(C)C(=O)OC1=C(c2c(CC)cc(CC)cc2CC)C(=O)CC2(CCOCC2)C1. The molecule has 3 rings (SSSR count). The van der Waals surface area contributed by atoms with E-state index >= 15 is 0 Å². The molecule has 0 atom stereocenters. The zero-order valence-electron chi connectivity index (χ0n) is 18.9. The van der Waals surface area contributed by atoms with Crippen LogP contribution in [0.25, 0.3) is 5.57 Å². The summed E-state index contributed by atoms with van der Waals surface area (Å²) >= 11 is 0. The van der Waals surface area contributed by atoms with Gasteiger partial charge in [-0.15, -0.1) is 0 Å². The molecule has 4 nitrogen and oxygen atoms in total. The van der Waals surface area contributed by atoms with Gasteiger partial charge in [0.25, 0.3) is 0 Å². The number of rotatable bonds is 6. The van der Waals surface area contributed by atoms with Gasteiger partial charge in [0.05, 0.1) is 5.57 Å². The topological polar surface area (TPSA) is 52.6 Å². The lowest BCUT2D eigenvalue weighted by molar-refractivity contribution is -0.136. The number of hydrogen-bond donors (Lipinski definition) is 0.